The second-order valence-electron chi connectivity index (χ2n) is 6.88. The minimum Gasteiger partial charge on any atom is -0.492 e. The van der Waals surface area contributed by atoms with Gasteiger partial charge in [-0.25, -0.2) is 0 Å². The molecule has 1 aliphatic rings. The molecule has 0 aliphatic heterocycles. The molecule has 1 heterocycles. The maximum atomic E-state index is 14.3. The van der Waals surface area contributed by atoms with Gasteiger partial charge in [0.25, 0.3) is 0 Å². The van der Waals surface area contributed by atoms with E-state index in [-0.39, 0.29) is 51.2 Å². The van der Waals surface area contributed by atoms with Gasteiger partial charge in [0.15, 0.2) is 0 Å². The first-order chi connectivity index (χ1) is 14.1. The average molecular weight is 554 g/mol. The number of carbonyl (C=O) groups excluding carboxylic acids is 1. The fraction of sp³-hybridized carbons (Fsp3) is 0.438. The summed E-state index contributed by atoms with van der Waals surface area (Å²) in [5.74, 6) is -1.28. The monoisotopic (exact) mass is 553 g/mol. The number of thiophene rings is 1. The Morgan fingerprint density at radius 2 is 1.87 bits per heavy atom. The summed E-state index contributed by atoms with van der Waals surface area (Å²) in [6.45, 7) is -0.0885. The second-order valence-corrected chi connectivity index (χ2v) is 10.3. The van der Waals surface area contributed by atoms with Crippen LogP contribution in [0.3, 0.4) is 0 Å². The van der Waals surface area contributed by atoms with Crippen LogP contribution < -0.4 is 10.5 Å². The van der Waals surface area contributed by atoms with Crippen molar-refractivity contribution in [2.75, 3.05) is 6.61 Å². The number of nitrogens with two attached hydrogens (primary N) is 1. The lowest BCUT2D eigenvalue weighted by Crippen LogP contribution is -2.38. The van der Waals surface area contributed by atoms with E-state index in [9.17, 15) is 31.3 Å². The number of hydrogen-bond donors (Lipinski definition) is 3. The number of fused-ring (bicyclic) bond motifs is 1. The Balaban J connectivity index is 1.90. The van der Waals surface area contributed by atoms with Crippen molar-refractivity contribution in [3.8, 4) is 5.75 Å². The molecule has 4 N–H and O–H groups in total. The van der Waals surface area contributed by atoms with Gasteiger partial charge in [0.2, 0.25) is 5.91 Å². The molecule has 172 valence electrons. The maximum absolute atomic E-state index is 14.3. The van der Waals surface area contributed by atoms with Crippen LogP contribution in [0.1, 0.15) is 28.1 Å². The zero-order valence-corrected chi connectivity index (χ0v) is 18.5. The number of hydrogen-bond acceptors (Lipinski definition) is 5. The number of amides is 1. The number of rotatable bonds is 7. The molecule has 1 aromatic carbocycles. The molecule has 0 unspecified atom stereocenters. The third-order valence-corrected chi connectivity index (χ3v) is 8.07. The van der Waals surface area contributed by atoms with Crippen LogP contribution >= 0.6 is 34.9 Å². The van der Waals surface area contributed by atoms with E-state index in [1.54, 1.807) is 0 Å². The van der Waals surface area contributed by atoms with Crippen molar-refractivity contribution >= 4 is 50.9 Å². The Morgan fingerprint density at radius 3 is 2.39 bits per heavy atom. The summed E-state index contributed by atoms with van der Waals surface area (Å²) in [6, 6.07) is 2.34. The molecule has 0 atom stereocenters. The molecule has 2 aromatic rings. The Kier molecular flexibility index (Phi) is 6.46. The van der Waals surface area contributed by atoms with E-state index in [0.717, 1.165) is 0 Å². The van der Waals surface area contributed by atoms with Crippen molar-refractivity contribution in [1.82, 2.24) is 0 Å². The smallest absolute Gasteiger partial charge is 0.492 e. The maximum Gasteiger partial charge on any atom is 0.522 e. The van der Waals surface area contributed by atoms with Crippen LogP contribution in [0.4, 0.5) is 22.0 Å². The normalized spacial score (nSPS) is 20.0. The Morgan fingerprint density at radius 1 is 1.26 bits per heavy atom. The van der Waals surface area contributed by atoms with Crippen LogP contribution in [0.25, 0.3) is 10.1 Å². The average Bonchev–Trinajstić information content (AvgIpc) is 2.92. The topological polar surface area (TPSA) is 119 Å². The largest absolute Gasteiger partial charge is 0.522 e. The molecule has 31 heavy (non-hydrogen) atoms. The first-order valence-electron chi connectivity index (χ1n) is 8.47. The number of alkyl halides is 5. The van der Waals surface area contributed by atoms with Gasteiger partial charge in [0.1, 0.15) is 10.6 Å². The lowest BCUT2D eigenvalue weighted by Gasteiger charge is -2.35. The summed E-state index contributed by atoms with van der Waals surface area (Å²) in [6.07, 6.45) is -5.63. The van der Waals surface area contributed by atoms with Crippen molar-refractivity contribution in [2.24, 2.45) is 11.7 Å². The van der Waals surface area contributed by atoms with E-state index >= 15 is 0 Å². The minimum atomic E-state index is -5.86. The minimum absolute atomic E-state index is 0.0197. The van der Waals surface area contributed by atoms with Crippen molar-refractivity contribution in [2.45, 2.75) is 31.0 Å². The summed E-state index contributed by atoms with van der Waals surface area (Å²) in [4.78, 5) is 28.7. The van der Waals surface area contributed by atoms with Gasteiger partial charge in [-0.15, -0.1) is 24.5 Å². The molecule has 1 amide bonds. The summed E-state index contributed by atoms with van der Waals surface area (Å²) >= 11 is 3.25. The standard InChI is InChI=1S/C16H14BrF5NO6PS/c17-11-9-3-7(14(23)24)4-10(12(9)31-13(11)15(18,19)30(25,26)27)28-5-6-1-8(2-6)29-16(20,21)22/h3-4,6,8H,1-2,5H2,(H2,23,24)(H2,25,26,27). The van der Waals surface area contributed by atoms with Gasteiger partial charge in [-0.1, -0.05) is 0 Å². The van der Waals surface area contributed by atoms with E-state index in [1.165, 1.54) is 12.1 Å². The SMILES string of the molecule is NC(=O)c1cc(OCC2CC(OC(F)(F)F)C2)c2sc(C(F)(F)P(=O)(O)O)c(Br)c2c1. The highest BCUT2D eigenvalue weighted by Gasteiger charge is 2.53. The van der Waals surface area contributed by atoms with Gasteiger partial charge >= 0.3 is 19.6 Å². The van der Waals surface area contributed by atoms with Gasteiger partial charge in [-0.3, -0.25) is 14.1 Å². The van der Waals surface area contributed by atoms with Crippen molar-refractivity contribution in [1.29, 1.82) is 0 Å². The first-order valence-corrected chi connectivity index (χ1v) is 11.7. The van der Waals surface area contributed by atoms with Crippen LogP contribution in [0.2, 0.25) is 0 Å². The Hall–Kier alpha value is -1.31. The molecule has 0 radical (unpaired) electrons. The molecule has 1 aliphatic carbocycles. The highest BCUT2D eigenvalue weighted by Crippen LogP contribution is 2.63. The predicted octanol–water partition coefficient (Wildman–Crippen LogP) is 4.68. The van der Waals surface area contributed by atoms with Crippen molar-refractivity contribution in [3.63, 3.8) is 0 Å². The van der Waals surface area contributed by atoms with Gasteiger partial charge < -0.3 is 20.3 Å². The van der Waals surface area contributed by atoms with E-state index < -0.39 is 36.5 Å². The third kappa shape index (κ3) is 5.04. The van der Waals surface area contributed by atoms with Gasteiger partial charge in [0, 0.05) is 15.4 Å². The molecule has 15 heteroatoms. The van der Waals surface area contributed by atoms with E-state index in [0.29, 0.717) is 11.3 Å². The molecule has 0 spiro atoms. The quantitative estimate of drug-likeness (QED) is 0.338. The van der Waals surface area contributed by atoms with Gasteiger partial charge in [0.05, 0.1) is 17.4 Å². The van der Waals surface area contributed by atoms with Crippen LogP contribution in [-0.2, 0) is 15.0 Å². The van der Waals surface area contributed by atoms with Crippen molar-refractivity contribution < 1.29 is 50.6 Å². The number of benzene rings is 1. The fourth-order valence-corrected chi connectivity index (χ4v) is 5.99. The molecule has 3 rings (SSSR count). The molecule has 0 saturated heterocycles. The van der Waals surface area contributed by atoms with Crippen LogP contribution in [0, 0.1) is 5.92 Å². The fourth-order valence-electron chi connectivity index (χ4n) is 3.02. The summed E-state index contributed by atoms with van der Waals surface area (Å²) in [7, 11) is -5.86. The first kappa shape index (κ1) is 24.3. The Labute approximate surface area is 183 Å². The zero-order chi connectivity index (χ0) is 23.4. The van der Waals surface area contributed by atoms with Gasteiger partial charge in [-0.05, 0) is 46.8 Å². The van der Waals surface area contributed by atoms with E-state index in [4.69, 9.17) is 20.3 Å². The molecule has 1 saturated carbocycles. The highest BCUT2D eigenvalue weighted by atomic mass is 79.9. The second kappa shape index (κ2) is 8.23. The van der Waals surface area contributed by atoms with Crippen molar-refractivity contribution in [3.05, 3.63) is 27.0 Å². The third-order valence-electron chi connectivity index (χ3n) is 4.59. The summed E-state index contributed by atoms with van der Waals surface area (Å²) in [5.41, 5.74) is 0.637. The number of primary amides is 1. The molecule has 1 aromatic heterocycles. The van der Waals surface area contributed by atoms with Crippen LogP contribution in [0.15, 0.2) is 16.6 Å². The molecule has 1 fully saturated rings. The number of carbonyl (C=O) groups is 1. The van der Waals surface area contributed by atoms with E-state index in [2.05, 4.69) is 20.7 Å². The molecule has 0 bridgehead atoms. The number of halogens is 6. The lowest BCUT2D eigenvalue weighted by molar-refractivity contribution is -0.354. The molecular formula is C16H14BrF5NO6PS. The molecule has 7 nitrogen and oxygen atoms in total. The highest BCUT2D eigenvalue weighted by molar-refractivity contribution is 9.10. The summed E-state index contributed by atoms with van der Waals surface area (Å²) in [5, 5.41) is 0.0197. The Bertz CT molecular complexity index is 1060. The van der Waals surface area contributed by atoms with Gasteiger partial charge in [-0.2, -0.15) is 8.78 Å². The van der Waals surface area contributed by atoms with E-state index in [1.807, 2.05) is 0 Å². The zero-order valence-electron chi connectivity index (χ0n) is 15.2. The lowest BCUT2D eigenvalue weighted by atomic mass is 9.83. The predicted molar refractivity (Wildman–Crippen MR) is 103 cm³/mol. The van der Waals surface area contributed by atoms with Crippen LogP contribution in [0.5, 0.6) is 5.75 Å². The van der Waals surface area contributed by atoms with Crippen LogP contribution in [-0.4, -0.2) is 34.8 Å². The number of ether oxygens (including phenoxy) is 2. The summed E-state index contributed by atoms with van der Waals surface area (Å²) < 4.78 is 85.6. The molecular weight excluding hydrogens is 540 g/mol.